The minimum absolute atomic E-state index is 0.325. The zero-order chi connectivity index (χ0) is 21.0. The van der Waals surface area contributed by atoms with Gasteiger partial charge in [-0.3, -0.25) is 4.79 Å². The highest BCUT2D eigenvalue weighted by molar-refractivity contribution is 6.00. The number of ketones is 1. The number of carbonyl (C=O) groups is 1. The number of halogens is 4. The van der Waals surface area contributed by atoms with E-state index in [2.05, 4.69) is 10.6 Å². The minimum Gasteiger partial charge on any atom is -0.317 e. The summed E-state index contributed by atoms with van der Waals surface area (Å²) in [5.41, 5.74) is 1.41. The van der Waals surface area contributed by atoms with Crippen LogP contribution in [-0.4, -0.2) is 31.1 Å². The molecule has 1 saturated carbocycles. The Labute approximate surface area is 167 Å². The normalized spacial score (nSPS) is 19.9. The van der Waals surface area contributed by atoms with Crippen molar-refractivity contribution in [1.29, 1.82) is 0 Å². The van der Waals surface area contributed by atoms with E-state index in [1.54, 1.807) is 12.1 Å². The predicted octanol–water partition coefficient (Wildman–Crippen LogP) is 4.86. The molecular weight excluding hydrogens is 384 g/mol. The van der Waals surface area contributed by atoms with E-state index in [0.29, 0.717) is 35.3 Å². The van der Waals surface area contributed by atoms with Crippen LogP contribution in [0.2, 0.25) is 0 Å². The summed E-state index contributed by atoms with van der Waals surface area (Å²) < 4.78 is 51.8. The molecule has 0 heterocycles. The van der Waals surface area contributed by atoms with Crippen molar-refractivity contribution in [3.63, 3.8) is 0 Å². The van der Waals surface area contributed by atoms with Gasteiger partial charge in [0.25, 0.3) is 5.78 Å². The van der Waals surface area contributed by atoms with Crippen LogP contribution in [0.25, 0.3) is 11.1 Å². The summed E-state index contributed by atoms with van der Waals surface area (Å²) in [7, 11) is 1.96. The molecular formula is C22H24F4N2O. The zero-order valence-corrected chi connectivity index (χ0v) is 16.2. The number of rotatable bonds is 6. The highest BCUT2D eigenvalue weighted by atomic mass is 19.4. The van der Waals surface area contributed by atoms with Gasteiger partial charge >= 0.3 is 6.18 Å². The van der Waals surface area contributed by atoms with Gasteiger partial charge in [0.05, 0.1) is 0 Å². The van der Waals surface area contributed by atoms with E-state index >= 15 is 0 Å². The Morgan fingerprint density at radius 1 is 0.966 bits per heavy atom. The van der Waals surface area contributed by atoms with Crippen LogP contribution >= 0.6 is 0 Å². The summed E-state index contributed by atoms with van der Waals surface area (Å²) in [5, 5.41) is 6.69. The smallest absolute Gasteiger partial charge is 0.317 e. The molecule has 7 heteroatoms. The van der Waals surface area contributed by atoms with Crippen LogP contribution in [0.3, 0.4) is 0 Å². The Morgan fingerprint density at radius 3 is 2.14 bits per heavy atom. The molecule has 0 aliphatic heterocycles. The number of benzene rings is 2. The number of nitrogens with one attached hydrogen (secondary N) is 2. The zero-order valence-electron chi connectivity index (χ0n) is 16.2. The second-order valence-corrected chi connectivity index (χ2v) is 7.43. The monoisotopic (exact) mass is 408 g/mol. The number of hydrogen-bond acceptors (Lipinski definition) is 3. The molecule has 3 nitrogen and oxygen atoms in total. The third-order valence-electron chi connectivity index (χ3n) is 5.50. The van der Waals surface area contributed by atoms with Gasteiger partial charge in [0.2, 0.25) is 0 Å². The molecule has 0 spiro atoms. The first kappa shape index (κ1) is 21.5. The quantitative estimate of drug-likeness (QED) is 0.530. The number of carbonyl (C=O) groups excluding carboxylic acids is 1. The molecule has 0 bridgehead atoms. The average molecular weight is 408 g/mol. The van der Waals surface area contributed by atoms with Crippen LogP contribution < -0.4 is 10.6 Å². The maximum absolute atomic E-state index is 14.2. The summed E-state index contributed by atoms with van der Waals surface area (Å²) >= 11 is 0. The SMILES string of the molecule is CNC1CCC(NCc2cc(-c3ccc(C(=O)C(F)(F)F)cc3)ccc2F)CC1. The van der Waals surface area contributed by atoms with Gasteiger partial charge < -0.3 is 10.6 Å². The van der Waals surface area contributed by atoms with Gasteiger partial charge in [-0.1, -0.05) is 30.3 Å². The second-order valence-electron chi connectivity index (χ2n) is 7.43. The molecule has 29 heavy (non-hydrogen) atoms. The van der Waals surface area contributed by atoms with Gasteiger partial charge in [0, 0.05) is 29.8 Å². The summed E-state index contributed by atoms with van der Waals surface area (Å²) in [5.74, 6) is -2.20. The van der Waals surface area contributed by atoms with Crippen LogP contribution in [0.15, 0.2) is 42.5 Å². The molecule has 1 aliphatic rings. The van der Waals surface area contributed by atoms with Gasteiger partial charge in [-0.05, 0) is 56.0 Å². The van der Waals surface area contributed by atoms with Gasteiger partial charge in [-0.2, -0.15) is 13.2 Å². The minimum atomic E-state index is -4.90. The lowest BCUT2D eigenvalue weighted by Gasteiger charge is -2.29. The lowest BCUT2D eigenvalue weighted by atomic mass is 9.91. The molecule has 2 N–H and O–H groups in total. The first-order valence-corrected chi connectivity index (χ1v) is 9.69. The van der Waals surface area contributed by atoms with Crippen molar-refractivity contribution in [3.05, 3.63) is 59.4 Å². The fourth-order valence-corrected chi connectivity index (χ4v) is 3.71. The molecule has 0 amide bonds. The molecule has 2 aromatic rings. The molecule has 0 radical (unpaired) electrons. The first-order chi connectivity index (χ1) is 13.8. The first-order valence-electron chi connectivity index (χ1n) is 9.69. The lowest BCUT2D eigenvalue weighted by molar-refractivity contribution is -0.0885. The van der Waals surface area contributed by atoms with E-state index in [0.717, 1.165) is 37.8 Å². The fourth-order valence-electron chi connectivity index (χ4n) is 3.71. The van der Waals surface area contributed by atoms with Gasteiger partial charge in [0.1, 0.15) is 5.82 Å². The van der Waals surface area contributed by atoms with E-state index in [-0.39, 0.29) is 5.82 Å². The highest BCUT2D eigenvalue weighted by Crippen LogP contribution is 2.26. The third-order valence-corrected chi connectivity index (χ3v) is 5.50. The van der Waals surface area contributed by atoms with Crippen LogP contribution in [0.5, 0.6) is 0 Å². The van der Waals surface area contributed by atoms with Crippen molar-refractivity contribution in [2.75, 3.05) is 7.05 Å². The number of Topliss-reactive ketones (excluding diaryl/α,β-unsaturated/α-hetero) is 1. The summed E-state index contributed by atoms with van der Waals surface area (Å²) in [6, 6.07) is 10.7. The molecule has 3 rings (SSSR count). The summed E-state index contributed by atoms with van der Waals surface area (Å²) in [6.45, 7) is 0.388. The Bertz CT molecular complexity index is 841. The largest absolute Gasteiger partial charge is 0.454 e. The molecule has 0 saturated heterocycles. The van der Waals surface area contributed by atoms with E-state index in [1.165, 1.54) is 18.2 Å². The Hall–Kier alpha value is -2.25. The van der Waals surface area contributed by atoms with Gasteiger partial charge in [-0.25, -0.2) is 4.39 Å². The molecule has 0 aromatic heterocycles. The van der Waals surface area contributed by atoms with Crippen molar-refractivity contribution in [1.82, 2.24) is 10.6 Å². The molecule has 0 atom stereocenters. The number of alkyl halides is 3. The topological polar surface area (TPSA) is 41.1 Å². The molecule has 0 unspecified atom stereocenters. The van der Waals surface area contributed by atoms with Crippen molar-refractivity contribution in [2.45, 2.75) is 50.5 Å². The Balaban J connectivity index is 1.68. The Kier molecular flexibility index (Phi) is 6.70. The molecule has 1 fully saturated rings. The van der Waals surface area contributed by atoms with Crippen LogP contribution in [0.1, 0.15) is 41.6 Å². The maximum Gasteiger partial charge on any atom is 0.454 e. The fraction of sp³-hybridized carbons (Fsp3) is 0.409. The highest BCUT2D eigenvalue weighted by Gasteiger charge is 2.39. The molecule has 156 valence electrons. The van der Waals surface area contributed by atoms with Crippen molar-refractivity contribution >= 4 is 5.78 Å². The lowest BCUT2D eigenvalue weighted by Crippen LogP contribution is -2.38. The van der Waals surface area contributed by atoms with E-state index in [1.807, 2.05) is 7.05 Å². The van der Waals surface area contributed by atoms with Crippen LogP contribution in [0.4, 0.5) is 17.6 Å². The van der Waals surface area contributed by atoms with Gasteiger partial charge in [0.15, 0.2) is 0 Å². The van der Waals surface area contributed by atoms with Gasteiger partial charge in [-0.15, -0.1) is 0 Å². The van der Waals surface area contributed by atoms with E-state index in [4.69, 9.17) is 0 Å². The molecule has 1 aliphatic carbocycles. The van der Waals surface area contributed by atoms with E-state index in [9.17, 15) is 22.4 Å². The molecule has 2 aromatic carbocycles. The Morgan fingerprint density at radius 2 is 1.55 bits per heavy atom. The van der Waals surface area contributed by atoms with Crippen LogP contribution in [-0.2, 0) is 6.54 Å². The predicted molar refractivity (Wildman–Crippen MR) is 104 cm³/mol. The summed E-state index contributed by atoms with van der Waals surface area (Å²) in [4.78, 5) is 11.3. The number of hydrogen-bond donors (Lipinski definition) is 2. The van der Waals surface area contributed by atoms with Crippen molar-refractivity contribution in [2.24, 2.45) is 0 Å². The van der Waals surface area contributed by atoms with E-state index < -0.39 is 17.5 Å². The summed E-state index contributed by atoms with van der Waals surface area (Å²) in [6.07, 6.45) is -0.676. The van der Waals surface area contributed by atoms with Crippen molar-refractivity contribution in [3.8, 4) is 11.1 Å². The second kappa shape index (κ2) is 9.05. The third kappa shape index (κ3) is 5.42. The van der Waals surface area contributed by atoms with Crippen molar-refractivity contribution < 1.29 is 22.4 Å². The maximum atomic E-state index is 14.2. The average Bonchev–Trinajstić information content (AvgIpc) is 2.72. The standard InChI is InChI=1S/C22H24F4N2O/c1-27-18-7-9-19(10-8-18)28-13-17-12-16(6-11-20(17)23)14-2-4-15(5-3-14)21(29)22(24,25)26/h2-6,11-12,18-19,27-28H,7-10,13H2,1H3. The van der Waals surface area contributed by atoms with Crippen LogP contribution in [0, 0.1) is 5.82 Å².